The number of carbonyl (C=O) groups is 1. The highest BCUT2D eigenvalue weighted by Gasteiger charge is 2.14. The zero-order chi connectivity index (χ0) is 13.5. The molecule has 1 unspecified atom stereocenters. The molecule has 0 aromatic rings. The Morgan fingerprint density at radius 2 is 2.00 bits per heavy atom. The molecule has 0 saturated carbocycles. The van der Waals surface area contributed by atoms with Gasteiger partial charge in [-0.3, -0.25) is 4.79 Å². The number of halogens is 1. The first-order chi connectivity index (χ1) is 7.82. The SMILES string of the molecule is CCN(CCCNC(=O)C(C)CN)S(C)(=O)=O.Cl. The van der Waals surface area contributed by atoms with Crippen LogP contribution in [0.2, 0.25) is 0 Å². The molecule has 0 rings (SSSR count). The minimum Gasteiger partial charge on any atom is -0.356 e. The normalized spacial score (nSPS) is 12.9. The van der Waals surface area contributed by atoms with E-state index in [-0.39, 0.29) is 24.2 Å². The van der Waals surface area contributed by atoms with Crippen LogP contribution in [-0.2, 0) is 14.8 Å². The number of nitrogens with one attached hydrogen (secondary N) is 1. The standard InChI is InChI=1S/C10H23N3O3S.ClH/c1-4-13(17(3,15)16)7-5-6-12-10(14)9(2)8-11;/h9H,4-8,11H2,1-3H3,(H,12,14);1H. The van der Waals surface area contributed by atoms with Crippen LogP contribution in [0.25, 0.3) is 0 Å². The van der Waals surface area contributed by atoms with E-state index in [0.717, 1.165) is 0 Å². The lowest BCUT2D eigenvalue weighted by Crippen LogP contribution is -2.36. The van der Waals surface area contributed by atoms with E-state index in [1.165, 1.54) is 10.6 Å². The highest BCUT2D eigenvalue weighted by Crippen LogP contribution is 1.98. The Kier molecular flexibility index (Phi) is 10.6. The molecule has 0 spiro atoms. The van der Waals surface area contributed by atoms with Crippen molar-refractivity contribution >= 4 is 28.3 Å². The summed E-state index contributed by atoms with van der Waals surface area (Å²) in [6.45, 7) is 5.20. The zero-order valence-electron chi connectivity index (χ0n) is 11.2. The van der Waals surface area contributed by atoms with Crippen LogP contribution >= 0.6 is 12.4 Å². The molecular weight excluding hydrogens is 278 g/mol. The summed E-state index contributed by atoms with van der Waals surface area (Å²) in [5.41, 5.74) is 5.36. The molecule has 3 N–H and O–H groups in total. The minimum atomic E-state index is -3.14. The van der Waals surface area contributed by atoms with Crippen LogP contribution in [0.5, 0.6) is 0 Å². The van der Waals surface area contributed by atoms with Gasteiger partial charge in [-0.1, -0.05) is 13.8 Å². The van der Waals surface area contributed by atoms with E-state index in [1.54, 1.807) is 13.8 Å². The second-order valence-corrected chi connectivity index (χ2v) is 6.02. The number of hydrogen-bond acceptors (Lipinski definition) is 4. The molecule has 0 saturated heterocycles. The fraction of sp³-hybridized carbons (Fsp3) is 0.900. The van der Waals surface area contributed by atoms with E-state index < -0.39 is 10.0 Å². The predicted octanol–water partition coefficient (Wildman–Crippen LogP) is -0.209. The van der Waals surface area contributed by atoms with Crippen molar-refractivity contribution in [1.82, 2.24) is 9.62 Å². The summed E-state index contributed by atoms with van der Waals surface area (Å²) in [5, 5.41) is 2.72. The lowest BCUT2D eigenvalue weighted by atomic mass is 10.2. The molecule has 18 heavy (non-hydrogen) atoms. The number of nitrogens with zero attached hydrogens (tertiary/aromatic N) is 1. The first kappa shape index (κ1) is 20.0. The van der Waals surface area contributed by atoms with Crippen LogP contribution in [0.1, 0.15) is 20.3 Å². The van der Waals surface area contributed by atoms with Crippen LogP contribution in [0, 0.1) is 5.92 Å². The number of amides is 1. The molecule has 8 heteroatoms. The molecule has 0 aromatic carbocycles. The maximum atomic E-state index is 11.4. The van der Waals surface area contributed by atoms with Crippen molar-refractivity contribution in [3.8, 4) is 0 Å². The quantitative estimate of drug-likeness (QED) is 0.607. The largest absolute Gasteiger partial charge is 0.356 e. The third-order valence-corrected chi connectivity index (χ3v) is 3.89. The highest BCUT2D eigenvalue weighted by atomic mass is 35.5. The smallest absolute Gasteiger partial charge is 0.224 e. The van der Waals surface area contributed by atoms with Gasteiger partial charge in [0.15, 0.2) is 0 Å². The van der Waals surface area contributed by atoms with Crippen molar-refractivity contribution in [3.63, 3.8) is 0 Å². The Hall–Kier alpha value is -0.370. The Balaban J connectivity index is 0. The van der Waals surface area contributed by atoms with Gasteiger partial charge < -0.3 is 11.1 Å². The molecular formula is C10H24ClN3O3S. The maximum absolute atomic E-state index is 11.4. The fourth-order valence-electron chi connectivity index (χ4n) is 1.31. The number of rotatable bonds is 8. The van der Waals surface area contributed by atoms with Gasteiger partial charge in [-0.2, -0.15) is 0 Å². The summed E-state index contributed by atoms with van der Waals surface area (Å²) < 4.78 is 23.9. The maximum Gasteiger partial charge on any atom is 0.224 e. The second-order valence-electron chi connectivity index (χ2n) is 4.04. The third kappa shape index (κ3) is 7.86. The Labute approximate surface area is 116 Å². The first-order valence-electron chi connectivity index (χ1n) is 5.75. The zero-order valence-corrected chi connectivity index (χ0v) is 12.8. The van der Waals surface area contributed by atoms with Gasteiger partial charge in [0.25, 0.3) is 0 Å². The predicted molar refractivity (Wildman–Crippen MR) is 75.2 cm³/mol. The van der Waals surface area contributed by atoms with Crippen LogP contribution in [0.4, 0.5) is 0 Å². The lowest BCUT2D eigenvalue weighted by Gasteiger charge is -2.18. The highest BCUT2D eigenvalue weighted by molar-refractivity contribution is 7.88. The summed E-state index contributed by atoms with van der Waals surface area (Å²) in [6, 6.07) is 0. The summed E-state index contributed by atoms with van der Waals surface area (Å²) in [5.74, 6) is -0.290. The average Bonchev–Trinajstić information content (AvgIpc) is 2.25. The van der Waals surface area contributed by atoms with Crippen LogP contribution in [0.3, 0.4) is 0 Å². The van der Waals surface area contributed by atoms with E-state index in [0.29, 0.717) is 32.6 Å². The van der Waals surface area contributed by atoms with Gasteiger partial charge in [0.05, 0.1) is 6.26 Å². The number of hydrogen-bond donors (Lipinski definition) is 2. The van der Waals surface area contributed by atoms with E-state index in [1.807, 2.05) is 0 Å². The van der Waals surface area contributed by atoms with E-state index in [4.69, 9.17) is 5.73 Å². The van der Waals surface area contributed by atoms with Crippen molar-refractivity contribution in [1.29, 1.82) is 0 Å². The fourth-order valence-corrected chi connectivity index (χ4v) is 2.24. The van der Waals surface area contributed by atoms with Gasteiger partial charge in [-0.05, 0) is 6.42 Å². The van der Waals surface area contributed by atoms with E-state index in [2.05, 4.69) is 5.32 Å². The van der Waals surface area contributed by atoms with Gasteiger partial charge in [0.1, 0.15) is 0 Å². The van der Waals surface area contributed by atoms with Gasteiger partial charge in [0.2, 0.25) is 15.9 Å². The van der Waals surface area contributed by atoms with E-state index in [9.17, 15) is 13.2 Å². The average molecular weight is 302 g/mol. The molecule has 0 aliphatic rings. The number of carbonyl (C=O) groups excluding carboxylic acids is 1. The molecule has 0 bridgehead atoms. The van der Waals surface area contributed by atoms with Gasteiger partial charge >= 0.3 is 0 Å². The number of nitrogens with two attached hydrogens (primary N) is 1. The Morgan fingerprint density at radius 1 is 1.44 bits per heavy atom. The third-order valence-electron chi connectivity index (χ3n) is 2.51. The molecule has 0 heterocycles. The van der Waals surface area contributed by atoms with Gasteiger partial charge in [-0.15, -0.1) is 12.4 Å². The lowest BCUT2D eigenvalue weighted by molar-refractivity contribution is -0.124. The summed E-state index contributed by atoms with van der Waals surface area (Å²) in [4.78, 5) is 11.4. The van der Waals surface area contributed by atoms with Crippen LogP contribution < -0.4 is 11.1 Å². The summed E-state index contributed by atoms with van der Waals surface area (Å²) in [6.07, 6.45) is 1.79. The number of sulfonamides is 1. The molecule has 110 valence electrons. The monoisotopic (exact) mass is 301 g/mol. The van der Waals surface area contributed by atoms with Crippen molar-refractivity contribution in [2.24, 2.45) is 11.7 Å². The first-order valence-corrected chi connectivity index (χ1v) is 7.60. The van der Waals surface area contributed by atoms with Crippen molar-refractivity contribution in [2.45, 2.75) is 20.3 Å². The van der Waals surface area contributed by atoms with Gasteiger partial charge in [0, 0.05) is 32.1 Å². The Bertz CT molecular complexity index is 335. The van der Waals surface area contributed by atoms with Crippen molar-refractivity contribution in [2.75, 3.05) is 32.4 Å². The summed E-state index contributed by atoms with van der Waals surface area (Å²) >= 11 is 0. The molecule has 0 aromatic heterocycles. The molecule has 6 nitrogen and oxygen atoms in total. The van der Waals surface area contributed by atoms with Crippen LogP contribution in [0.15, 0.2) is 0 Å². The molecule has 1 amide bonds. The minimum absolute atomic E-state index is 0. The summed E-state index contributed by atoms with van der Waals surface area (Å²) in [7, 11) is -3.14. The molecule has 0 aliphatic carbocycles. The molecule has 1 atom stereocenters. The van der Waals surface area contributed by atoms with Crippen molar-refractivity contribution in [3.05, 3.63) is 0 Å². The Morgan fingerprint density at radius 3 is 2.39 bits per heavy atom. The molecule has 0 fully saturated rings. The van der Waals surface area contributed by atoms with E-state index >= 15 is 0 Å². The van der Waals surface area contributed by atoms with Crippen molar-refractivity contribution < 1.29 is 13.2 Å². The topological polar surface area (TPSA) is 92.5 Å². The molecule has 0 radical (unpaired) electrons. The molecule has 0 aliphatic heterocycles. The second kappa shape index (κ2) is 9.55. The van der Waals surface area contributed by atoms with Gasteiger partial charge in [-0.25, -0.2) is 12.7 Å². The van der Waals surface area contributed by atoms with Crippen LogP contribution in [-0.4, -0.2) is 51.1 Å².